The van der Waals surface area contributed by atoms with Crippen LogP contribution in [0.15, 0.2) is 29.6 Å². The lowest BCUT2D eigenvalue weighted by molar-refractivity contribution is -0.138. The first-order valence-electron chi connectivity index (χ1n) is 4.79. The van der Waals surface area contributed by atoms with Crippen molar-refractivity contribution in [2.24, 2.45) is 5.29 Å². The molecule has 0 aromatic heterocycles. The topological polar surface area (TPSA) is 79.2 Å². The van der Waals surface area contributed by atoms with Crippen LogP contribution in [0.4, 0.5) is 5.69 Å². The van der Waals surface area contributed by atoms with Crippen LogP contribution in [0.3, 0.4) is 0 Å². The van der Waals surface area contributed by atoms with E-state index in [0.717, 1.165) is 0 Å². The summed E-state index contributed by atoms with van der Waals surface area (Å²) in [7, 11) is 0. The summed E-state index contributed by atoms with van der Waals surface area (Å²) in [5, 5.41) is 12.7. The normalized spacial score (nSPS) is 18.5. The van der Waals surface area contributed by atoms with Gasteiger partial charge in [-0.15, -0.1) is 4.91 Å². The number of carboxylic acids is 1. The van der Waals surface area contributed by atoms with Crippen LogP contribution in [0.1, 0.15) is 6.42 Å². The van der Waals surface area contributed by atoms with Gasteiger partial charge in [-0.3, -0.25) is 4.79 Å². The Morgan fingerprint density at radius 3 is 3.00 bits per heavy atom. The molecular weight excluding hydrogens is 212 g/mol. The number of aliphatic carboxylic acids is 1. The molecular formula is C10H10N2O4. The quantitative estimate of drug-likeness (QED) is 0.782. The molecule has 2 rings (SSSR count). The van der Waals surface area contributed by atoms with Crippen molar-refractivity contribution in [3.63, 3.8) is 0 Å². The van der Waals surface area contributed by atoms with E-state index in [9.17, 15) is 9.70 Å². The number of hydrogen-bond donors (Lipinski definition) is 1. The van der Waals surface area contributed by atoms with Gasteiger partial charge in [0.25, 0.3) is 0 Å². The number of hydrogen-bond acceptors (Lipinski definition) is 4. The monoisotopic (exact) mass is 222 g/mol. The zero-order valence-corrected chi connectivity index (χ0v) is 8.37. The molecule has 1 heterocycles. The number of para-hydroxylation sites is 2. The number of nitrogens with zero attached hydrogens (tertiary/aromatic N) is 2. The molecule has 0 fully saturated rings. The van der Waals surface area contributed by atoms with E-state index in [2.05, 4.69) is 5.29 Å². The van der Waals surface area contributed by atoms with Crippen molar-refractivity contribution in [3.8, 4) is 5.75 Å². The van der Waals surface area contributed by atoms with Crippen LogP contribution < -0.4 is 9.75 Å². The molecule has 1 aromatic carbocycles. The summed E-state index contributed by atoms with van der Waals surface area (Å²) in [6.45, 7) is 0.160. The molecule has 0 radical (unpaired) electrons. The maximum Gasteiger partial charge on any atom is 0.307 e. The minimum atomic E-state index is -0.963. The van der Waals surface area contributed by atoms with Gasteiger partial charge in [0.05, 0.1) is 18.3 Å². The fourth-order valence-corrected chi connectivity index (χ4v) is 1.66. The average molecular weight is 222 g/mol. The highest BCUT2D eigenvalue weighted by atomic mass is 16.5. The second-order valence-corrected chi connectivity index (χ2v) is 3.47. The van der Waals surface area contributed by atoms with E-state index in [4.69, 9.17) is 9.84 Å². The van der Waals surface area contributed by atoms with E-state index in [1.165, 1.54) is 5.01 Å². The van der Waals surface area contributed by atoms with Crippen molar-refractivity contribution in [1.82, 2.24) is 0 Å². The predicted octanol–water partition coefficient (Wildman–Crippen LogP) is 1.41. The molecule has 1 atom stereocenters. The van der Waals surface area contributed by atoms with Gasteiger partial charge in [-0.2, -0.15) is 0 Å². The molecule has 16 heavy (non-hydrogen) atoms. The molecule has 6 nitrogen and oxygen atoms in total. The molecule has 1 N–H and O–H groups in total. The van der Waals surface area contributed by atoms with Crippen molar-refractivity contribution in [2.45, 2.75) is 12.5 Å². The second kappa shape index (κ2) is 4.18. The minimum Gasteiger partial charge on any atom is -0.486 e. The van der Waals surface area contributed by atoms with Crippen LogP contribution in [0.5, 0.6) is 5.75 Å². The molecule has 0 aliphatic carbocycles. The number of benzene rings is 1. The number of carbonyl (C=O) groups is 1. The van der Waals surface area contributed by atoms with Gasteiger partial charge in [0.15, 0.2) is 0 Å². The van der Waals surface area contributed by atoms with Crippen molar-refractivity contribution in [1.29, 1.82) is 0 Å². The average Bonchev–Trinajstić information content (AvgIpc) is 2.27. The minimum absolute atomic E-state index is 0.152. The number of anilines is 1. The Bertz CT molecular complexity index is 421. The smallest absolute Gasteiger partial charge is 0.307 e. The fourth-order valence-electron chi connectivity index (χ4n) is 1.66. The summed E-state index contributed by atoms with van der Waals surface area (Å²) in [6, 6.07) is 6.90. The Kier molecular flexibility index (Phi) is 2.72. The van der Waals surface area contributed by atoms with Crippen molar-refractivity contribution >= 4 is 11.7 Å². The van der Waals surface area contributed by atoms with Gasteiger partial charge in [-0.25, -0.2) is 5.01 Å². The molecule has 1 aromatic rings. The molecule has 6 heteroatoms. The highest BCUT2D eigenvalue weighted by molar-refractivity contribution is 5.68. The van der Waals surface area contributed by atoms with Gasteiger partial charge in [-0.05, 0) is 12.1 Å². The molecule has 0 saturated heterocycles. The standard InChI is InChI=1S/C10H10N2O4/c13-10(14)5-7-6-12(11-15)8-3-1-2-4-9(8)16-7/h1-4,7H,5-6H2,(H,13,14). The Balaban J connectivity index is 2.24. The number of rotatable bonds is 3. The lowest BCUT2D eigenvalue weighted by Gasteiger charge is -2.30. The molecule has 0 bridgehead atoms. The maximum atomic E-state index is 10.6. The maximum absolute atomic E-state index is 10.6. The van der Waals surface area contributed by atoms with Crippen molar-refractivity contribution < 1.29 is 14.6 Å². The highest BCUT2D eigenvalue weighted by Gasteiger charge is 2.27. The SMILES string of the molecule is O=NN1CC(CC(=O)O)Oc2ccccc21. The van der Waals surface area contributed by atoms with Crippen LogP contribution in [-0.4, -0.2) is 23.7 Å². The fraction of sp³-hybridized carbons (Fsp3) is 0.300. The molecule has 0 saturated carbocycles. The van der Waals surface area contributed by atoms with E-state index in [0.29, 0.717) is 11.4 Å². The van der Waals surface area contributed by atoms with Crippen LogP contribution >= 0.6 is 0 Å². The van der Waals surface area contributed by atoms with Crippen molar-refractivity contribution in [3.05, 3.63) is 29.2 Å². The summed E-state index contributed by atoms with van der Waals surface area (Å²) in [4.78, 5) is 21.2. The van der Waals surface area contributed by atoms with E-state index in [-0.39, 0.29) is 13.0 Å². The third kappa shape index (κ3) is 1.95. The third-order valence-corrected chi connectivity index (χ3v) is 2.31. The van der Waals surface area contributed by atoms with E-state index in [1.807, 2.05) is 0 Å². The molecule has 0 amide bonds. The van der Waals surface area contributed by atoms with Crippen LogP contribution in [-0.2, 0) is 4.79 Å². The lowest BCUT2D eigenvalue weighted by atomic mass is 10.2. The van der Waals surface area contributed by atoms with E-state index in [1.54, 1.807) is 24.3 Å². The van der Waals surface area contributed by atoms with Gasteiger partial charge in [0.1, 0.15) is 17.5 Å². The van der Waals surface area contributed by atoms with Gasteiger partial charge >= 0.3 is 5.97 Å². The summed E-state index contributed by atoms with van der Waals surface area (Å²) in [6.07, 6.45) is -0.703. The Labute approximate surface area is 91.4 Å². The Morgan fingerprint density at radius 2 is 2.31 bits per heavy atom. The van der Waals surface area contributed by atoms with Gasteiger partial charge < -0.3 is 9.84 Å². The summed E-state index contributed by atoms with van der Waals surface area (Å²) in [5.41, 5.74) is 0.569. The summed E-state index contributed by atoms with van der Waals surface area (Å²) in [5.74, 6) is -0.477. The van der Waals surface area contributed by atoms with Crippen molar-refractivity contribution in [2.75, 3.05) is 11.6 Å². The number of carboxylic acid groups (broad SMARTS) is 1. The highest BCUT2D eigenvalue weighted by Crippen LogP contribution is 2.33. The lowest BCUT2D eigenvalue weighted by Crippen LogP contribution is -2.38. The first-order chi connectivity index (χ1) is 7.70. The third-order valence-electron chi connectivity index (χ3n) is 2.31. The predicted molar refractivity (Wildman–Crippen MR) is 56.3 cm³/mol. The van der Waals surface area contributed by atoms with Crippen LogP contribution in [0.25, 0.3) is 0 Å². The number of ether oxygens (including phenoxy) is 1. The summed E-state index contributed by atoms with van der Waals surface area (Å²) < 4.78 is 5.45. The largest absolute Gasteiger partial charge is 0.486 e. The van der Waals surface area contributed by atoms with Gasteiger partial charge in [0, 0.05) is 0 Å². The first-order valence-corrected chi connectivity index (χ1v) is 4.79. The Morgan fingerprint density at radius 1 is 1.56 bits per heavy atom. The number of fused-ring (bicyclic) bond motifs is 1. The van der Waals surface area contributed by atoms with Crippen LogP contribution in [0.2, 0.25) is 0 Å². The molecule has 1 aliphatic heterocycles. The molecule has 84 valence electrons. The number of nitroso groups, excluding NO2 is 1. The zero-order chi connectivity index (χ0) is 11.5. The second-order valence-electron chi connectivity index (χ2n) is 3.47. The summed E-state index contributed by atoms with van der Waals surface area (Å²) >= 11 is 0. The van der Waals surface area contributed by atoms with Crippen LogP contribution in [0, 0.1) is 4.91 Å². The zero-order valence-electron chi connectivity index (χ0n) is 8.37. The Hall–Kier alpha value is -2.11. The molecule has 1 aliphatic rings. The van der Waals surface area contributed by atoms with Gasteiger partial charge in [-0.1, -0.05) is 12.1 Å². The first kappa shape index (κ1) is 10.4. The van der Waals surface area contributed by atoms with E-state index < -0.39 is 12.1 Å². The molecule has 0 spiro atoms. The van der Waals surface area contributed by atoms with Gasteiger partial charge in [0.2, 0.25) is 0 Å². The van der Waals surface area contributed by atoms with E-state index >= 15 is 0 Å². The molecule has 1 unspecified atom stereocenters.